The molecule has 0 radical (unpaired) electrons. The summed E-state index contributed by atoms with van der Waals surface area (Å²) in [5.41, 5.74) is 28.2. The van der Waals surface area contributed by atoms with Gasteiger partial charge in [0.1, 0.15) is 0 Å². The fraction of sp³-hybridized carbons (Fsp3) is 0.400. The van der Waals surface area contributed by atoms with Crippen molar-refractivity contribution in [3.8, 4) is 71.0 Å². The van der Waals surface area contributed by atoms with Crippen LogP contribution >= 0.6 is 0 Å². The van der Waals surface area contributed by atoms with Crippen molar-refractivity contribution >= 4 is 0 Å². The summed E-state index contributed by atoms with van der Waals surface area (Å²) in [7, 11) is 0. The third-order valence-electron chi connectivity index (χ3n) is 18.0. The van der Waals surface area contributed by atoms with E-state index in [9.17, 15) is 0 Å². The summed E-state index contributed by atoms with van der Waals surface area (Å²) >= 11 is 0. The Hall–Kier alpha value is -8.10. The molecule has 0 spiro atoms. The zero-order valence-corrected chi connectivity index (χ0v) is 57.4. The highest BCUT2D eigenvalue weighted by atomic mass is 14.2. The molecule has 0 aliphatic carbocycles. The lowest BCUT2D eigenvalue weighted by Crippen LogP contribution is -1.99. The Labute approximate surface area is 547 Å². The first kappa shape index (κ1) is 69.4. The molecule has 0 heteroatoms. The second-order valence-electron chi connectivity index (χ2n) is 24.3. The van der Waals surface area contributed by atoms with Gasteiger partial charge >= 0.3 is 0 Å². The van der Waals surface area contributed by atoms with Gasteiger partial charge < -0.3 is 0 Å². The van der Waals surface area contributed by atoms with Gasteiger partial charge in [-0.1, -0.05) is 243 Å². The van der Waals surface area contributed by atoms with Gasteiger partial charge in [0, 0.05) is 66.8 Å². The Kier molecular flexibility index (Phi) is 28.6. The Morgan fingerprint density at radius 2 is 0.356 bits per heavy atom. The maximum atomic E-state index is 3.67. The standard InChI is InChI=1S/C90H102/c1-13-25-27-29-31-33-35-67-37-41-69(42-38-67)45-47-81-57-73(17-5)83(59-71(81)15-3)49-51-85-61-77(21-9)87(63-75(85)19-7)53-55-89-65-80(24-12)90(66-79(89)23-11)56-54-88-64-76(20-8)86(62-78(88)22-10)52-50-84-60-72(16-4)82(58-74(84)18-6)48-46-70-43-39-68(40-44-70)36-34-32-30-28-26-14-2/h37-44,57-66H,13-36H2,1-12H3. The molecule has 7 aromatic carbocycles. The average molecular weight is 1180 g/mol. The molecule has 0 aliphatic rings. The second-order valence-corrected chi connectivity index (χ2v) is 24.3. The van der Waals surface area contributed by atoms with E-state index < -0.39 is 0 Å². The molecule has 0 amide bonds. The van der Waals surface area contributed by atoms with Crippen molar-refractivity contribution in [3.63, 3.8) is 0 Å². The summed E-state index contributed by atoms with van der Waals surface area (Å²) in [5.74, 6) is 43.3. The zero-order chi connectivity index (χ0) is 64.0. The first-order chi connectivity index (χ1) is 44.0. The van der Waals surface area contributed by atoms with E-state index in [1.54, 1.807) is 0 Å². The fourth-order valence-electron chi connectivity index (χ4n) is 12.1. The molecular weight excluding hydrogens is 1080 g/mol. The van der Waals surface area contributed by atoms with Gasteiger partial charge in [-0.2, -0.15) is 0 Å². The van der Waals surface area contributed by atoms with Gasteiger partial charge in [-0.15, -0.1) is 0 Å². The highest BCUT2D eigenvalue weighted by Gasteiger charge is 2.13. The number of rotatable bonds is 24. The molecule has 0 aliphatic heterocycles. The van der Waals surface area contributed by atoms with Crippen LogP contribution in [0.25, 0.3) is 0 Å². The Bertz CT molecular complexity index is 3670. The molecule has 462 valence electrons. The van der Waals surface area contributed by atoms with Crippen LogP contribution in [0, 0.1) is 71.0 Å². The van der Waals surface area contributed by atoms with Gasteiger partial charge in [-0.25, -0.2) is 0 Å². The fourth-order valence-corrected chi connectivity index (χ4v) is 12.1. The Morgan fingerprint density at radius 1 is 0.189 bits per heavy atom. The summed E-state index contributed by atoms with van der Waals surface area (Å²) in [6.07, 6.45) is 27.0. The lowest BCUT2D eigenvalue weighted by Gasteiger charge is -2.11. The zero-order valence-electron chi connectivity index (χ0n) is 57.4. The smallest absolute Gasteiger partial charge is 0.0284 e. The minimum Gasteiger partial charge on any atom is -0.0654 e. The molecule has 0 saturated heterocycles. The molecule has 7 aromatic rings. The summed E-state index contributed by atoms with van der Waals surface area (Å²) < 4.78 is 0. The average Bonchev–Trinajstić information content (AvgIpc) is 0.997. The van der Waals surface area contributed by atoms with E-state index in [-0.39, 0.29) is 0 Å². The Balaban J connectivity index is 1.08. The SMILES string of the molecule is CCCCCCCCc1ccc(C#Cc2cc(CC)c(C#Cc3cc(CC)c(C#Cc4cc(CC)c(C#Cc5cc(CC)c(C#Cc6cc(CC)c(C#Cc7ccc(CCCCCCCC)cc7)cc6CC)cc5CC)cc4CC)cc3CC)cc2CC)cc1. The maximum Gasteiger partial charge on any atom is 0.0284 e. The van der Waals surface area contributed by atoms with E-state index in [2.05, 4.69) is 263 Å². The molecule has 0 bridgehead atoms. The van der Waals surface area contributed by atoms with Crippen molar-refractivity contribution in [3.05, 3.63) is 243 Å². The van der Waals surface area contributed by atoms with Crippen LogP contribution in [-0.2, 0) is 77.0 Å². The van der Waals surface area contributed by atoms with E-state index in [1.807, 2.05) is 0 Å². The Morgan fingerprint density at radius 3 is 0.533 bits per heavy atom. The molecule has 0 N–H and O–H groups in total. The maximum absolute atomic E-state index is 3.67. The van der Waals surface area contributed by atoms with Crippen molar-refractivity contribution < 1.29 is 0 Å². The van der Waals surface area contributed by atoms with E-state index in [4.69, 9.17) is 0 Å². The molecular formula is C90H102. The molecule has 90 heavy (non-hydrogen) atoms. The first-order valence-electron chi connectivity index (χ1n) is 35.1. The minimum atomic E-state index is 0.870. The van der Waals surface area contributed by atoms with Crippen LogP contribution in [0.5, 0.6) is 0 Å². The highest BCUT2D eigenvalue weighted by molar-refractivity contribution is 5.63. The van der Waals surface area contributed by atoms with Gasteiger partial charge in [0.2, 0.25) is 0 Å². The van der Waals surface area contributed by atoms with Crippen LogP contribution < -0.4 is 0 Å². The summed E-state index contributed by atoms with van der Waals surface area (Å²) in [5, 5.41) is 0. The second kappa shape index (κ2) is 37.2. The number of aryl methyl sites for hydroxylation is 12. The van der Waals surface area contributed by atoms with E-state index in [1.165, 1.54) is 144 Å². The lowest BCUT2D eigenvalue weighted by atomic mass is 9.92. The van der Waals surface area contributed by atoms with Crippen molar-refractivity contribution in [2.24, 2.45) is 0 Å². The molecule has 0 fully saturated rings. The largest absolute Gasteiger partial charge is 0.0654 e. The molecule has 7 rings (SSSR count). The topological polar surface area (TPSA) is 0 Å². The summed E-state index contributed by atoms with van der Waals surface area (Å²) in [4.78, 5) is 0. The summed E-state index contributed by atoms with van der Waals surface area (Å²) in [6, 6.07) is 40.7. The third-order valence-corrected chi connectivity index (χ3v) is 18.0. The third kappa shape index (κ3) is 19.9. The molecule has 0 saturated carbocycles. The van der Waals surface area contributed by atoms with Crippen molar-refractivity contribution in [2.75, 3.05) is 0 Å². The van der Waals surface area contributed by atoms with Crippen LogP contribution in [-0.4, -0.2) is 0 Å². The predicted molar refractivity (Wildman–Crippen MR) is 389 cm³/mol. The van der Waals surface area contributed by atoms with Gasteiger partial charge in [-0.05, 0) is 242 Å². The number of hydrogen-bond acceptors (Lipinski definition) is 0. The molecule has 0 aromatic heterocycles. The first-order valence-corrected chi connectivity index (χ1v) is 35.1. The van der Waals surface area contributed by atoms with Gasteiger partial charge in [0.25, 0.3) is 0 Å². The quantitative estimate of drug-likeness (QED) is 0.0418. The van der Waals surface area contributed by atoms with Crippen molar-refractivity contribution in [1.29, 1.82) is 0 Å². The van der Waals surface area contributed by atoms with Crippen LogP contribution in [0.4, 0.5) is 0 Å². The van der Waals surface area contributed by atoms with Crippen molar-refractivity contribution in [2.45, 2.75) is 237 Å². The van der Waals surface area contributed by atoms with Crippen molar-refractivity contribution in [1.82, 2.24) is 0 Å². The van der Waals surface area contributed by atoms with Gasteiger partial charge in [-0.3, -0.25) is 0 Å². The lowest BCUT2D eigenvalue weighted by molar-refractivity contribution is 0.607. The van der Waals surface area contributed by atoms with E-state index in [0.717, 1.165) is 144 Å². The minimum absolute atomic E-state index is 0.870. The number of benzene rings is 7. The van der Waals surface area contributed by atoms with Crippen LogP contribution in [0.1, 0.15) is 294 Å². The van der Waals surface area contributed by atoms with Crippen LogP contribution in [0.3, 0.4) is 0 Å². The van der Waals surface area contributed by atoms with Crippen LogP contribution in [0.2, 0.25) is 0 Å². The highest BCUT2D eigenvalue weighted by Crippen LogP contribution is 2.26. The molecule has 0 atom stereocenters. The molecule has 0 nitrogen and oxygen atoms in total. The van der Waals surface area contributed by atoms with Gasteiger partial charge in [0.15, 0.2) is 0 Å². The molecule has 0 unspecified atom stereocenters. The summed E-state index contributed by atoms with van der Waals surface area (Å²) in [6.45, 7) is 26.8. The predicted octanol–water partition coefficient (Wildman–Crippen LogP) is 21.5. The number of unbranched alkanes of at least 4 members (excludes halogenated alkanes) is 10. The normalized spacial score (nSPS) is 10.5. The van der Waals surface area contributed by atoms with E-state index in [0.29, 0.717) is 0 Å². The monoisotopic (exact) mass is 1180 g/mol. The number of hydrogen-bond donors (Lipinski definition) is 0. The van der Waals surface area contributed by atoms with Gasteiger partial charge in [0.05, 0.1) is 0 Å². The van der Waals surface area contributed by atoms with Crippen LogP contribution in [0.15, 0.2) is 109 Å². The van der Waals surface area contributed by atoms with E-state index >= 15 is 0 Å². The molecule has 0 heterocycles.